The Labute approximate surface area is 126 Å². The van der Waals surface area contributed by atoms with Crippen molar-refractivity contribution in [2.45, 2.75) is 12.8 Å². The molecule has 0 saturated heterocycles. The maximum atomic E-state index is 11.7. The van der Waals surface area contributed by atoms with Crippen LogP contribution in [0.15, 0.2) is 35.1 Å². The number of hydrogen-bond acceptors (Lipinski definition) is 3. The molecule has 0 spiro atoms. The van der Waals surface area contributed by atoms with Gasteiger partial charge in [-0.1, -0.05) is 6.07 Å². The average molecular weight is 303 g/mol. The summed E-state index contributed by atoms with van der Waals surface area (Å²) < 4.78 is 1.51. The molecule has 2 rings (SSSR count). The van der Waals surface area contributed by atoms with Gasteiger partial charge >= 0.3 is 12.0 Å². The zero-order valence-electron chi connectivity index (χ0n) is 12.1. The molecule has 0 saturated carbocycles. The van der Waals surface area contributed by atoms with E-state index in [0.717, 1.165) is 10.9 Å². The van der Waals surface area contributed by atoms with Crippen molar-refractivity contribution in [2.75, 3.05) is 11.9 Å². The van der Waals surface area contributed by atoms with E-state index in [1.165, 1.54) is 10.6 Å². The molecular weight excluding hydrogens is 286 g/mol. The Balaban J connectivity index is 2.02. The highest BCUT2D eigenvalue weighted by atomic mass is 16.4. The van der Waals surface area contributed by atoms with E-state index in [1.807, 2.05) is 6.07 Å². The number of pyridine rings is 1. The summed E-state index contributed by atoms with van der Waals surface area (Å²) in [6.45, 7) is 0.282. The third kappa shape index (κ3) is 3.85. The quantitative estimate of drug-likeness (QED) is 0.729. The molecule has 1 heterocycles. The first-order valence-electron chi connectivity index (χ1n) is 6.84. The second-order valence-corrected chi connectivity index (χ2v) is 4.88. The number of urea groups is 1. The van der Waals surface area contributed by atoms with Gasteiger partial charge in [0.1, 0.15) is 0 Å². The smallest absolute Gasteiger partial charge is 0.319 e. The fraction of sp³-hybridized carbons (Fsp3) is 0.267. The van der Waals surface area contributed by atoms with Crippen molar-refractivity contribution in [2.24, 2.45) is 7.05 Å². The number of nitrogens with one attached hydrogen (secondary N) is 2. The van der Waals surface area contributed by atoms with Crippen molar-refractivity contribution in [1.82, 2.24) is 9.88 Å². The van der Waals surface area contributed by atoms with Gasteiger partial charge in [-0.05, 0) is 30.0 Å². The number of hydrogen-bond donors (Lipinski definition) is 3. The Morgan fingerprint density at radius 1 is 1.23 bits per heavy atom. The van der Waals surface area contributed by atoms with Crippen LogP contribution in [-0.4, -0.2) is 28.2 Å². The number of nitrogens with zero attached hydrogens (tertiary/aromatic N) is 1. The van der Waals surface area contributed by atoms with Crippen molar-refractivity contribution in [3.05, 3.63) is 40.7 Å². The van der Waals surface area contributed by atoms with Gasteiger partial charge in [0.15, 0.2) is 0 Å². The number of benzene rings is 1. The maximum Gasteiger partial charge on any atom is 0.319 e. The first-order valence-corrected chi connectivity index (χ1v) is 6.84. The van der Waals surface area contributed by atoms with Crippen LogP contribution in [0.4, 0.5) is 10.5 Å². The number of carboxylic acids is 1. The number of amides is 2. The number of carbonyl (C=O) groups is 2. The predicted octanol–water partition coefficient (Wildman–Crippen LogP) is 1.52. The minimum atomic E-state index is -0.891. The highest BCUT2D eigenvalue weighted by molar-refractivity contribution is 5.92. The van der Waals surface area contributed by atoms with Gasteiger partial charge in [0.05, 0.1) is 5.52 Å². The van der Waals surface area contributed by atoms with Gasteiger partial charge in [-0.3, -0.25) is 9.59 Å². The van der Waals surface area contributed by atoms with E-state index in [1.54, 1.807) is 25.2 Å². The average Bonchev–Trinajstić information content (AvgIpc) is 2.48. The van der Waals surface area contributed by atoms with Crippen molar-refractivity contribution < 1.29 is 14.7 Å². The van der Waals surface area contributed by atoms with Crippen molar-refractivity contribution in [1.29, 1.82) is 0 Å². The van der Waals surface area contributed by atoms with Crippen molar-refractivity contribution in [3.8, 4) is 0 Å². The molecule has 7 heteroatoms. The summed E-state index contributed by atoms with van der Waals surface area (Å²) in [5.74, 6) is -0.891. The van der Waals surface area contributed by atoms with Crippen LogP contribution in [0.2, 0.25) is 0 Å². The molecule has 22 heavy (non-hydrogen) atoms. The Hall–Kier alpha value is -2.83. The lowest BCUT2D eigenvalue weighted by atomic mass is 10.2. The lowest BCUT2D eigenvalue weighted by molar-refractivity contribution is -0.137. The molecule has 0 atom stereocenters. The molecule has 0 aliphatic rings. The third-order valence-corrected chi connectivity index (χ3v) is 3.24. The van der Waals surface area contributed by atoms with Gasteiger partial charge in [0, 0.05) is 31.8 Å². The second kappa shape index (κ2) is 6.75. The Kier molecular flexibility index (Phi) is 4.77. The van der Waals surface area contributed by atoms with Gasteiger partial charge in [-0.25, -0.2) is 4.79 Å². The van der Waals surface area contributed by atoms with Crippen LogP contribution in [-0.2, 0) is 11.8 Å². The van der Waals surface area contributed by atoms with Crippen LogP contribution < -0.4 is 16.2 Å². The zero-order chi connectivity index (χ0) is 16.1. The van der Waals surface area contributed by atoms with E-state index in [0.29, 0.717) is 12.1 Å². The molecule has 2 amide bonds. The topological polar surface area (TPSA) is 100 Å². The SMILES string of the molecule is Cn1c(=O)ccc2ccc(NC(=O)NCCCC(=O)O)cc21. The molecule has 0 fully saturated rings. The van der Waals surface area contributed by atoms with Crippen LogP contribution >= 0.6 is 0 Å². The van der Waals surface area contributed by atoms with Crippen LogP contribution in [0.25, 0.3) is 10.9 Å². The third-order valence-electron chi connectivity index (χ3n) is 3.24. The normalized spacial score (nSPS) is 10.4. The summed E-state index contributed by atoms with van der Waals surface area (Å²) in [6, 6.07) is 8.08. The van der Waals surface area contributed by atoms with E-state index < -0.39 is 12.0 Å². The minimum Gasteiger partial charge on any atom is -0.481 e. The predicted molar refractivity (Wildman–Crippen MR) is 83.1 cm³/mol. The lowest BCUT2D eigenvalue weighted by Gasteiger charge is -2.09. The van der Waals surface area contributed by atoms with Crippen LogP contribution in [0.1, 0.15) is 12.8 Å². The number of anilines is 1. The monoisotopic (exact) mass is 303 g/mol. The molecule has 0 radical (unpaired) electrons. The first-order chi connectivity index (χ1) is 10.5. The molecule has 0 bridgehead atoms. The summed E-state index contributed by atoms with van der Waals surface area (Å²) in [5, 5.41) is 14.6. The highest BCUT2D eigenvalue weighted by Crippen LogP contribution is 2.17. The molecule has 3 N–H and O–H groups in total. The van der Waals surface area contributed by atoms with E-state index in [2.05, 4.69) is 10.6 Å². The number of aliphatic carboxylic acids is 1. The van der Waals surface area contributed by atoms with E-state index in [9.17, 15) is 14.4 Å². The second-order valence-electron chi connectivity index (χ2n) is 4.88. The number of rotatable bonds is 5. The summed E-state index contributed by atoms with van der Waals surface area (Å²) in [4.78, 5) is 33.7. The number of fused-ring (bicyclic) bond motifs is 1. The minimum absolute atomic E-state index is 0.0123. The van der Waals surface area contributed by atoms with Crippen LogP contribution in [0.5, 0.6) is 0 Å². The fourth-order valence-electron chi connectivity index (χ4n) is 2.06. The maximum absolute atomic E-state index is 11.7. The number of carbonyl (C=O) groups excluding carboxylic acids is 1. The van der Waals surface area contributed by atoms with Crippen molar-refractivity contribution in [3.63, 3.8) is 0 Å². The van der Waals surface area contributed by atoms with Gasteiger partial charge in [-0.2, -0.15) is 0 Å². The molecular formula is C15H17N3O4. The molecule has 0 aliphatic heterocycles. The van der Waals surface area contributed by atoms with Crippen LogP contribution in [0.3, 0.4) is 0 Å². The Morgan fingerprint density at radius 2 is 1.95 bits per heavy atom. The molecule has 7 nitrogen and oxygen atoms in total. The standard InChI is InChI=1S/C15H17N3O4/c1-18-12-9-11(6-4-10(12)5-7-13(18)19)17-15(22)16-8-2-3-14(20)21/h4-7,9H,2-3,8H2,1H3,(H,20,21)(H2,16,17,22). The fourth-order valence-corrected chi connectivity index (χ4v) is 2.06. The summed E-state index contributed by atoms with van der Waals surface area (Å²) in [7, 11) is 1.67. The highest BCUT2D eigenvalue weighted by Gasteiger charge is 2.05. The Bertz CT molecular complexity index is 767. The van der Waals surface area contributed by atoms with E-state index >= 15 is 0 Å². The van der Waals surface area contributed by atoms with E-state index in [-0.39, 0.29) is 18.5 Å². The van der Waals surface area contributed by atoms with Crippen molar-refractivity contribution >= 4 is 28.6 Å². The number of aryl methyl sites for hydroxylation is 1. The largest absolute Gasteiger partial charge is 0.481 e. The Morgan fingerprint density at radius 3 is 2.68 bits per heavy atom. The molecule has 1 aromatic carbocycles. The van der Waals surface area contributed by atoms with Gasteiger partial charge in [0.2, 0.25) is 0 Å². The molecule has 1 aromatic heterocycles. The number of carboxylic acid groups (broad SMARTS) is 1. The number of aromatic nitrogens is 1. The van der Waals surface area contributed by atoms with Crippen LogP contribution in [0, 0.1) is 0 Å². The molecule has 116 valence electrons. The lowest BCUT2D eigenvalue weighted by Crippen LogP contribution is -2.29. The van der Waals surface area contributed by atoms with E-state index in [4.69, 9.17) is 5.11 Å². The summed E-state index contributed by atoms with van der Waals surface area (Å²) >= 11 is 0. The zero-order valence-corrected chi connectivity index (χ0v) is 12.1. The molecule has 0 aliphatic carbocycles. The molecule has 2 aromatic rings. The van der Waals surface area contributed by atoms with Gasteiger partial charge < -0.3 is 20.3 Å². The summed E-state index contributed by atoms with van der Waals surface area (Å²) in [5.41, 5.74) is 1.16. The summed E-state index contributed by atoms with van der Waals surface area (Å²) in [6.07, 6.45) is 0.382. The van der Waals surface area contributed by atoms with Gasteiger partial charge in [-0.15, -0.1) is 0 Å². The molecule has 0 unspecified atom stereocenters. The first kappa shape index (κ1) is 15.6. The van der Waals surface area contributed by atoms with Gasteiger partial charge in [0.25, 0.3) is 5.56 Å².